The fourth-order valence-electron chi connectivity index (χ4n) is 6.34. The van der Waals surface area contributed by atoms with Gasteiger partial charge in [0.2, 0.25) is 15.9 Å². The molecule has 2 saturated carbocycles. The summed E-state index contributed by atoms with van der Waals surface area (Å²) in [6.45, 7) is 4.95. The lowest BCUT2D eigenvalue weighted by molar-refractivity contribution is -0.124. The van der Waals surface area contributed by atoms with Crippen LogP contribution in [0, 0.1) is 11.8 Å². The van der Waals surface area contributed by atoms with E-state index < -0.39 is 16.2 Å². The van der Waals surface area contributed by atoms with E-state index in [1.807, 2.05) is 0 Å². The molecule has 2 N–H and O–H groups in total. The summed E-state index contributed by atoms with van der Waals surface area (Å²) in [7, 11) is -3.14. The summed E-state index contributed by atoms with van der Waals surface area (Å²) in [5.41, 5.74) is 0. The average molecular weight is 459 g/mol. The van der Waals surface area contributed by atoms with Crippen LogP contribution in [0.25, 0.3) is 0 Å². The number of fused-ring (bicyclic) bond motifs is 1. The molecular weight excluding hydrogens is 419 g/mol. The molecule has 0 spiro atoms. The first-order valence-corrected chi connectivity index (χ1v) is 14.0. The molecule has 7 nitrogen and oxygen atoms in total. The predicted octanol–water partition coefficient (Wildman–Crippen LogP) is 1.50. The van der Waals surface area contributed by atoms with Crippen LogP contribution in [0.5, 0.6) is 0 Å². The lowest BCUT2D eigenvalue weighted by Gasteiger charge is -2.37. The van der Waals surface area contributed by atoms with Crippen LogP contribution in [0.15, 0.2) is 0 Å². The minimum atomic E-state index is -3.14. The van der Waals surface area contributed by atoms with Gasteiger partial charge in [-0.25, -0.2) is 17.1 Å². The van der Waals surface area contributed by atoms with Gasteiger partial charge in [-0.3, -0.25) is 9.69 Å². The maximum atomic E-state index is 14.4. The quantitative estimate of drug-likeness (QED) is 0.667. The highest BCUT2D eigenvalue weighted by Gasteiger charge is 2.46. The van der Waals surface area contributed by atoms with Crippen LogP contribution in [-0.2, 0) is 14.8 Å². The van der Waals surface area contributed by atoms with Gasteiger partial charge in [-0.15, -0.1) is 0 Å². The van der Waals surface area contributed by atoms with E-state index in [4.69, 9.17) is 0 Å². The molecule has 0 bridgehead atoms. The van der Waals surface area contributed by atoms with Crippen LogP contribution in [0.3, 0.4) is 0 Å². The Hall–Kier alpha value is -0.770. The number of hydrogen-bond acceptors (Lipinski definition) is 5. The Morgan fingerprint density at radius 3 is 2.58 bits per heavy atom. The van der Waals surface area contributed by atoms with Crippen molar-refractivity contribution in [3.8, 4) is 0 Å². The molecule has 9 heteroatoms. The van der Waals surface area contributed by atoms with Gasteiger partial charge in [-0.05, 0) is 63.8 Å². The van der Waals surface area contributed by atoms with Gasteiger partial charge in [0.05, 0.1) is 12.3 Å². The van der Waals surface area contributed by atoms with Crippen molar-refractivity contribution in [2.24, 2.45) is 11.8 Å². The molecular formula is C22H39FN4O3S. The summed E-state index contributed by atoms with van der Waals surface area (Å²) < 4.78 is 39.7. The lowest BCUT2D eigenvalue weighted by Crippen LogP contribution is -2.51. The number of alkyl halides is 1. The lowest BCUT2D eigenvalue weighted by atomic mass is 9.77. The molecule has 2 aliphatic carbocycles. The van der Waals surface area contributed by atoms with Gasteiger partial charge in [-0.2, -0.15) is 0 Å². The predicted molar refractivity (Wildman–Crippen MR) is 119 cm³/mol. The highest BCUT2D eigenvalue weighted by Crippen LogP contribution is 2.38. The number of carbonyl (C=O) groups excluding carboxylic acids is 1. The zero-order chi connectivity index (χ0) is 22.2. The molecule has 31 heavy (non-hydrogen) atoms. The third-order valence-electron chi connectivity index (χ3n) is 8.12. The average Bonchev–Trinajstić information content (AvgIpc) is 3.03. The summed E-state index contributed by atoms with van der Waals surface area (Å²) in [6.07, 6.45) is 7.50. The number of amides is 1. The number of nitrogens with zero attached hydrogens (tertiary/aromatic N) is 2. The van der Waals surface area contributed by atoms with Crippen LogP contribution < -0.4 is 10.6 Å². The minimum absolute atomic E-state index is 0.0265. The molecule has 7 atom stereocenters. The van der Waals surface area contributed by atoms with Crippen molar-refractivity contribution in [2.45, 2.75) is 88.6 Å². The Morgan fingerprint density at radius 2 is 1.84 bits per heavy atom. The second-order valence-corrected chi connectivity index (χ2v) is 12.3. The van der Waals surface area contributed by atoms with Crippen LogP contribution in [0.2, 0.25) is 0 Å². The first-order chi connectivity index (χ1) is 14.7. The molecule has 2 saturated heterocycles. The zero-order valence-corrected chi connectivity index (χ0v) is 19.7. The van der Waals surface area contributed by atoms with E-state index in [0.29, 0.717) is 37.9 Å². The van der Waals surface area contributed by atoms with Crippen molar-refractivity contribution < 1.29 is 17.6 Å². The molecule has 4 fully saturated rings. The van der Waals surface area contributed by atoms with Crippen LogP contribution in [0.4, 0.5) is 4.39 Å². The van der Waals surface area contributed by atoms with Gasteiger partial charge < -0.3 is 10.6 Å². The number of rotatable bonds is 4. The van der Waals surface area contributed by atoms with Crippen LogP contribution in [0.1, 0.15) is 58.3 Å². The van der Waals surface area contributed by atoms with Crippen molar-refractivity contribution in [3.63, 3.8) is 0 Å². The first-order valence-electron chi connectivity index (χ1n) is 12.1. The summed E-state index contributed by atoms with van der Waals surface area (Å²) in [6, 6.07) is 0.362. The number of hydrogen-bond donors (Lipinski definition) is 2. The van der Waals surface area contributed by atoms with Crippen molar-refractivity contribution in [1.82, 2.24) is 19.8 Å². The van der Waals surface area contributed by atoms with Crippen LogP contribution >= 0.6 is 0 Å². The molecule has 1 amide bonds. The molecule has 0 aromatic rings. The molecule has 4 aliphatic rings. The summed E-state index contributed by atoms with van der Waals surface area (Å²) in [5.74, 6) is 0.412. The summed E-state index contributed by atoms with van der Waals surface area (Å²) >= 11 is 0. The fraction of sp³-hybridized carbons (Fsp3) is 0.955. The maximum absolute atomic E-state index is 14.4. The van der Waals surface area contributed by atoms with E-state index >= 15 is 0 Å². The Kier molecular flexibility index (Phi) is 7.25. The van der Waals surface area contributed by atoms with Gasteiger partial charge in [0, 0.05) is 43.7 Å². The topological polar surface area (TPSA) is 81.8 Å². The second-order valence-electron chi connectivity index (χ2n) is 10.3. The van der Waals surface area contributed by atoms with E-state index in [1.54, 1.807) is 4.31 Å². The Labute approximate surface area is 186 Å². The van der Waals surface area contributed by atoms with E-state index in [9.17, 15) is 17.6 Å². The van der Waals surface area contributed by atoms with E-state index in [2.05, 4.69) is 22.5 Å². The summed E-state index contributed by atoms with van der Waals surface area (Å²) in [5, 5.41) is 6.70. The highest BCUT2D eigenvalue weighted by molar-refractivity contribution is 7.88. The van der Waals surface area contributed by atoms with E-state index in [-0.39, 0.29) is 30.0 Å². The largest absolute Gasteiger partial charge is 0.352 e. The van der Waals surface area contributed by atoms with Crippen molar-refractivity contribution >= 4 is 15.9 Å². The highest BCUT2D eigenvalue weighted by atomic mass is 32.2. The normalized spacial score (nSPS) is 40.8. The second kappa shape index (κ2) is 9.61. The van der Waals surface area contributed by atoms with Crippen molar-refractivity contribution in [3.05, 3.63) is 0 Å². The molecule has 0 aromatic carbocycles. The number of carbonyl (C=O) groups is 1. The minimum Gasteiger partial charge on any atom is -0.352 e. The number of halogens is 1. The Morgan fingerprint density at radius 1 is 1.03 bits per heavy atom. The SMILES string of the molecule is CC1CCC(F)C2CC(C(=O)N[C@@H]3CCC[C@@H](N4CCCN(S(C)(=O)=O)CC4)C3)NC12. The van der Waals surface area contributed by atoms with E-state index in [1.165, 1.54) is 6.26 Å². The molecule has 0 aromatic heterocycles. The smallest absolute Gasteiger partial charge is 0.237 e. The molecule has 5 unspecified atom stereocenters. The summed E-state index contributed by atoms with van der Waals surface area (Å²) in [4.78, 5) is 15.4. The molecule has 0 radical (unpaired) electrons. The van der Waals surface area contributed by atoms with Gasteiger partial charge >= 0.3 is 0 Å². The van der Waals surface area contributed by atoms with Crippen molar-refractivity contribution in [2.75, 3.05) is 32.4 Å². The maximum Gasteiger partial charge on any atom is 0.237 e. The Balaban J connectivity index is 1.30. The fourth-order valence-corrected chi connectivity index (χ4v) is 7.21. The molecule has 2 heterocycles. The Bertz CT molecular complexity index is 733. The van der Waals surface area contributed by atoms with Crippen LogP contribution in [-0.4, -0.2) is 86.3 Å². The zero-order valence-electron chi connectivity index (χ0n) is 18.9. The van der Waals surface area contributed by atoms with Gasteiger partial charge in [-0.1, -0.05) is 6.92 Å². The monoisotopic (exact) mass is 458 g/mol. The number of sulfonamides is 1. The standard InChI is InChI=1S/C22H39FN4O3S/c1-15-7-8-19(23)18-14-20(25-21(15)18)22(28)24-16-5-3-6-17(13-16)26-9-4-10-27(12-11-26)31(2,29)30/h15-21,25H,3-14H2,1-2H3,(H,24,28)/t15?,16-,17-,18?,19?,20?,21?/m1/s1. The molecule has 178 valence electrons. The third-order valence-corrected chi connectivity index (χ3v) is 9.43. The van der Waals surface area contributed by atoms with E-state index in [0.717, 1.165) is 51.6 Å². The van der Waals surface area contributed by atoms with Gasteiger partial charge in [0.1, 0.15) is 6.17 Å². The number of nitrogens with one attached hydrogen (secondary N) is 2. The van der Waals surface area contributed by atoms with Crippen molar-refractivity contribution in [1.29, 1.82) is 0 Å². The van der Waals surface area contributed by atoms with Gasteiger partial charge in [0.25, 0.3) is 0 Å². The van der Waals surface area contributed by atoms with Gasteiger partial charge in [0.15, 0.2) is 0 Å². The molecule has 4 rings (SSSR count). The molecule has 2 aliphatic heterocycles. The first kappa shape index (κ1) is 23.4. The third kappa shape index (κ3) is 5.42.